The summed E-state index contributed by atoms with van der Waals surface area (Å²) in [4.78, 5) is 1.40. The summed E-state index contributed by atoms with van der Waals surface area (Å²) in [6, 6.07) is 9.03. The van der Waals surface area contributed by atoms with Crippen LogP contribution in [0.1, 0.15) is 46.6 Å². The number of thioether (sulfide) groups is 1. The van der Waals surface area contributed by atoms with Crippen molar-refractivity contribution in [3.8, 4) is 6.57 Å². The fourth-order valence-corrected chi connectivity index (χ4v) is 2.62. The maximum Gasteiger partial charge on any atom is 0.0462 e. The van der Waals surface area contributed by atoms with Crippen molar-refractivity contribution in [2.75, 3.05) is 5.75 Å². The van der Waals surface area contributed by atoms with Crippen LogP contribution in [-0.2, 0) is 5.41 Å². The zero-order valence-corrected chi connectivity index (χ0v) is 13.1. The predicted octanol–water partition coefficient (Wildman–Crippen LogP) is 5.26. The number of nitrogens with zero attached hydrogens (tertiary/aromatic N) is 1. The lowest BCUT2D eigenvalue weighted by molar-refractivity contribution is 0.589. The van der Waals surface area contributed by atoms with Gasteiger partial charge in [0.05, 0.1) is 0 Å². The van der Waals surface area contributed by atoms with Crippen molar-refractivity contribution >= 4 is 11.8 Å². The molecule has 0 heterocycles. The van der Waals surface area contributed by atoms with Crippen LogP contribution in [-0.4, -0.2) is 5.75 Å². The van der Waals surface area contributed by atoms with Crippen molar-refractivity contribution in [2.24, 2.45) is 5.92 Å². The van der Waals surface area contributed by atoms with Crippen molar-refractivity contribution in [3.05, 3.63) is 29.8 Å². The first-order valence-electron chi connectivity index (χ1n) is 6.39. The molecule has 18 heavy (non-hydrogen) atoms. The van der Waals surface area contributed by atoms with Crippen molar-refractivity contribution in [1.29, 1.82) is 5.26 Å². The quantitative estimate of drug-likeness (QED) is 0.692. The van der Waals surface area contributed by atoms with Gasteiger partial charge in [0.15, 0.2) is 0 Å². The molecular weight excluding hydrogens is 238 g/mol. The molecule has 100 valence electrons. The predicted molar refractivity (Wildman–Crippen MR) is 82.0 cm³/mol. The number of hydrogen-bond acceptors (Lipinski definition) is 2. The molecule has 0 aliphatic carbocycles. The summed E-state index contributed by atoms with van der Waals surface area (Å²) in [5.74, 6) is 2.04. The normalized spacial score (nSPS) is 10.9. The molecule has 1 aromatic carbocycles. The fraction of sp³-hybridized carbons (Fsp3) is 0.562. The largest absolute Gasteiger partial charge is 0.202 e. The maximum absolute atomic E-state index is 6.50. The van der Waals surface area contributed by atoms with Crippen LogP contribution in [0.2, 0.25) is 0 Å². The molecule has 0 atom stereocenters. The van der Waals surface area contributed by atoms with Gasteiger partial charge in [0.1, 0.15) is 0 Å². The zero-order chi connectivity index (χ0) is 14.2. The minimum atomic E-state index is 0.265. The van der Waals surface area contributed by atoms with Gasteiger partial charge in [-0.05, 0) is 41.2 Å². The first kappa shape index (κ1) is 17.1. The highest BCUT2D eigenvalue weighted by Gasteiger charge is 2.12. The summed E-state index contributed by atoms with van der Waals surface area (Å²) in [6.45, 7) is 14.8. The van der Waals surface area contributed by atoms with E-state index in [0.29, 0.717) is 0 Å². The van der Waals surface area contributed by atoms with E-state index in [-0.39, 0.29) is 5.41 Å². The zero-order valence-electron chi connectivity index (χ0n) is 12.2. The first-order chi connectivity index (χ1) is 8.39. The van der Waals surface area contributed by atoms with Crippen LogP contribution in [0.4, 0.5) is 0 Å². The lowest BCUT2D eigenvalue weighted by Crippen LogP contribution is -2.10. The molecule has 1 rings (SSSR count). The summed E-state index contributed by atoms with van der Waals surface area (Å²) in [5.41, 5.74) is 1.68. The third-order valence-corrected chi connectivity index (χ3v) is 3.73. The second-order valence-corrected chi connectivity index (χ2v) is 6.97. The van der Waals surface area contributed by atoms with Crippen molar-refractivity contribution in [2.45, 2.75) is 51.3 Å². The van der Waals surface area contributed by atoms with Gasteiger partial charge in [-0.2, -0.15) is 0 Å². The van der Waals surface area contributed by atoms with Gasteiger partial charge >= 0.3 is 0 Å². The summed E-state index contributed by atoms with van der Waals surface area (Å²) in [6.07, 6.45) is 1.30. The molecule has 0 saturated carbocycles. The lowest BCUT2D eigenvalue weighted by Gasteiger charge is -2.19. The average Bonchev–Trinajstić information content (AvgIpc) is 2.31. The molecule has 1 aromatic rings. The van der Waals surface area contributed by atoms with Crippen LogP contribution in [0, 0.1) is 17.8 Å². The van der Waals surface area contributed by atoms with Crippen LogP contribution in [0.3, 0.4) is 0 Å². The summed E-state index contributed by atoms with van der Waals surface area (Å²) >= 11 is 1.97. The second-order valence-electron chi connectivity index (χ2n) is 5.81. The molecule has 0 fully saturated rings. The van der Waals surface area contributed by atoms with Crippen LogP contribution in [0.5, 0.6) is 0 Å². The molecular formula is C16H25NS. The third-order valence-electron chi connectivity index (χ3n) is 2.68. The Balaban J connectivity index is 0.00000137. The van der Waals surface area contributed by atoms with Gasteiger partial charge < -0.3 is 0 Å². The smallest absolute Gasteiger partial charge is 0.0462 e. The van der Waals surface area contributed by atoms with E-state index in [4.69, 9.17) is 5.26 Å². The molecule has 0 amide bonds. The van der Waals surface area contributed by atoms with E-state index in [1.165, 1.54) is 22.6 Å². The number of rotatable bonds is 4. The number of nitriles is 1. The highest BCUT2D eigenvalue weighted by Crippen LogP contribution is 2.26. The van der Waals surface area contributed by atoms with Crippen LogP contribution >= 0.6 is 11.8 Å². The molecule has 0 aromatic heterocycles. The third kappa shape index (κ3) is 6.71. The first-order valence-corrected chi connectivity index (χ1v) is 7.37. The number of benzene rings is 1. The Bertz CT molecular complexity index is 344. The van der Waals surface area contributed by atoms with Crippen LogP contribution in [0.25, 0.3) is 0 Å². The molecule has 0 unspecified atom stereocenters. The van der Waals surface area contributed by atoms with Gasteiger partial charge in [-0.25, -0.2) is 5.26 Å². The Hall–Kier alpha value is -0.940. The molecule has 0 spiro atoms. The van der Waals surface area contributed by atoms with Crippen molar-refractivity contribution in [3.63, 3.8) is 0 Å². The van der Waals surface area contributed by atoms with Crippen molar-refractivity contribution in [1.82, 2.24) is 0 Å². The van der Waals surface area contributed by atoms with Crippen LogP contribution in [0.15, 0.2) is 29.2 Å². The minimum Gasteiger partial charge on any atom is -0.202 e. The second kappa shape index (κ2) is 8.21. The van der Waals surface area contributed by atoms with E-state index in [1.807, 2.05) is 11.8 Å². The lowest BCUT2D eigenvalue weighted by atomic mass is 9.87. The topological polar surface area (TPSA) is 23.8 Å². The summed E-state index contributed by atoms with van der Waals surface area (Å²) in [7, 11) is 0. The number of hydrogen-bond donors (Lipinski definition) is 0. The van der Waals surface area contributed by atoms with Gasteiger partial charge in [0.2, 0.25) is 0 Å². The van der Waals surface area contributed by atoms with Crippen LogP contribution < -0.4 is 0 Å². The fourth-order valence-electron chi connectivity index (χ4n) is 1.46. The Kier molecular flexibility index (Phi) is 7.78. The SMILES string of the molecule is C#N.CC(C)CCSc1ccc(C(C)(C)C)cc1. The molecule has 0 N–H and O–H groups in total. The molecule has 0 saturated heterocycles. The standard InChI is InChI=1S/C15H24S.CHN/c1-12(2)10-11-16-14-8-6-13(7-9-14)15(3,4)5;1-2/h6-9,12H,10-11H2,1-5H3;1H. The molecule has 0 aliphatic heterocycles. The van der Waals surface area contributed by atoms with Gasteiger partial charge in [0, 0.05) is 11.5 Å². The highest BCUT2D eigenvalue weighted by molar-refractivity contribution is 7.99. The Labute approximate surface area is 117 Å². The van der Waals surface area contributed by atoms with E-state index in [0.717, 1.165) is 5.92 Å². The van der Waals surface area contributed by atoms with Gasteiger partial charge in [-0.15, -0.1) is 11.8 Å². The Morgan fingerprint density at radius 1 is 1.11 bits per heavy atom. The molecule has 0 radical (unpaired) electrons. The monoisotopic (exact) mass is 263 g/mol. The maximum atomic E-state index is 6.50. The highest BCUT2D eigenvalue weighted by atomic mass is 32.2. The van der Waals surface area contributed by atoms with Crippen molar-refractivity contribution < 1.29 is 0 Å². The van der Waals surface area contributed by atoms with Gasteiger partial charge in [0.25, 0.3) is 0 Å². The Morgan fingerprint density at radius 2 is 1.61 bits per heavy atom. The Morgan fingerprint density at radius 3 is 2.00 bits per heavy atom. The summed E-state index contributed by atoms with van der Waals surface area (Å²) < 4.78 is 0. The molecule has 1 nitrogen and oxygen atoms in total. The van der Waals surface area contributed by atoms with Gasteiger partial charge in [-0.1, -0.05) is 46.8 Å². The van der Waals surface area contributed by atoms with E-state index < -0.39 is 0 Å². The molecule has 0 bridgehead atoms. The van der Waals surface area contributed by atoms with E-state index >= 15 is 0 Å². The van der Waals surface area contributed by atoms with E-state index in [9.17, 15) is 0 Å². The van der Waals surface area contributed by atoms with E-state index in [2.05, 4.69) is 65.5 Å². The minimum absolute atomic E-state index is 0.265. The summed E-state index contributed by atoms with van der Waals surface area (Å²) in [5, 5.41) is 6.50. The van der Waals surface area contributed by atoms with Gasteiger partial charge in [-0.3, -0.25) is 0 Å². The molecule has 0 aliphatic rings. The van der Waals surface area contributed by atoms with E-state index in [1.54, 1.807) is 0 Å². The molecule has 2 heteroatoms. The average molecular weight is 263 g/mol.